The van der Waals surface area contributed by atoms with Gasteiger partial charge < -0.3 is 20.2 Å². The number of hydrogen-bond acceptors (Lipinski definition) is 4. The Hall–Kier alpha value is -1.82. The van der Waals surface area contributed by atoms with Gasteiger partial charge in [0.05, 0.1) is 6.54 Å². The Morgan fingerprint density at radius 2 is 2.18 bits per heavy atom. The van der Waals surface area contributed by atoms with E-state index < -0.39 is 5.97 Å². The maximum atomic E-state index is 11.3. The first kappa shape index (κ1) is 13.2. The molecule has 1 aromatic rings. The molecule has 1 aromatic heterocycles. The van der Waals surface area contributed by atoms with E-state index in [0.717, 1.165) is 6.54 Å². The molecule has 6 heteroatoms. The fourth-order valence-corrected chi connectivity index (χ4v) is 1.24. The number of hydrogen-bond donors (Lipinski definition) is 3. The monoisotopic (exact) mass is 240 g/mol. The van der Waals surface area contributed by atoms with Crippen molar-refractivity contribution in [1.29, 1.82) is 0 Å². The molecule has 6 nitrogen and oxygen atoms in total. The van der Waals surface area contributed by atoms with Crippen molar-refractivity contribution >= 4 is 11.9 Å². The number of carbonyl (C=O) groups is 2. The lowest BCUT2D eigenvalue weighted by molar-refractivity contribution is -0.121. The highest BCUT2D eigenvalue weighted by molar-refractivity contribution is 5.84. The van der Waals surface area contributed by atoms with Crippen molar-refractivity contribution in [2.45, 2.75) is 19.9 Å². The summed E-state index contributed by atoms with van der Waals surface area (Å²) in [4.78, 5) is 21.9. The highest BCUT2D eigenvalue weighted by Crippen LogP contribution is 2.07. The molecule has 1 rings (SSSR count). The Labute approximate surface area is 99.0 Å². The van der Waals surface area contributed by atoms with Crippen LogP contribution in [0.3, 0.4) is 0 Å². The topological polar surface area (TPSA) is 91.6 Å². The van der Waals surface area contributed by atoms with Crippen molar-refractivity contribution < 1.29 is 19.1 Å². The van der Waals surface area contributed by atoms with Crippen molar-refractivity contribution in [3.05, 3.63) is 23.7 Å². The fraction of sp³-hybridized carbons (Fsp3) is 0.455. The van der Waals surface area contributed by atoms with Crippen LogP contribution >= 0.6 is 0 Å². The van der Waals surface area contributed by atoms with E-state index in [1.807, 2.05) is 6.92 Å². The second kappa shape index (κ2) is 6.70. The standard InChI is InChI=1S/C11H16N2O4/c1-2-12-6-5-10(14)13-7-8-3-4-9(17-8)11(15)16/h3-4,12H,2,5-7H2,1H3,(H,13,14)(H,15,16). The summed E-state index contributed by atoms with van der Waals surface area (Å²) in [5.74, 6) is -0.907. The Balaban J connectivity index is 2.29. The molecule has 1 heterocycles. The summed E-state index contributed by atoms with van der Waals surface area (Å²) in [5, 5.41) is 14.3. The molecule has 0 saturated carbocycles. The lowest BCUT2D eigenvalue weighted by atomic mass is 10.3. The first-order chi connectivity index (χ1) is 8.13. The van der Waals surface area contributed by atoms with E-state index in [4.69, 9.17) is 9.52 Å². The Morgan fingerprint density at radius 1 is 1.41 bits per heavy atom. The number of amides is 1. The van der Waals surface area contributed by atoms with E-state index in [9.17, 15) is 9.59 Å². The third-order valence-corrected chi connectivity index (χ3v) is 2.11. The van der Waals surface area contributed by atoms with E-state index in [-0.39, 0.29) is 18.2 Å². The van der Waals surface area contributed by atoms with Crippen molar-refractivity contribution in [3.63, 3.8) is 0 Å². The van der Waals surface area contributed by atoms with Crippen LogP contribution in [0.1, 0.15) is 29.7 Å². The van der Waals surface area contributed by atoms with Gasteiger partial charge in [0.2, 0.25) is 11.7 Å². The Morgan fingerprint density at radius 3 is 2.76 bits per heavy atom. The van der Waals surface area contributed by atoms with E-state index in [1.54, 1.807) is 0 Å². The SMILES string of the molecule is CCNCCC(=O)NCc1ccc(C(=O)O)o1. The number of rotatable bonds is 7. The first-order valence-corrected chi connectivity index (χ1v) is 5.43. The summed E-state index contributed by atoms with van der Waals surface area (Å²) in [6.45, 7) is 3.63. The average molecular weight is 240 g/mol. The molecule has 1 amide bonds. The fourth-order valence-electron chi connectivity index (χ4n) is 1.24. The number of furan rings is 1. The van der Waals surface area contributed by atoms with Gasteiger partial charge in [0.25, 0.3) is 0 Å². The molecule has 0 aliphatic rings. The van der Waals surface area contributed by atoms with Gasteiger partial charge in [-0.25, -0.2) is 4.79 Å². The number of carboxylic acid groups (broad SMARTS) is 1. The van der Waals surface area contributed by atoms with E-state index in [1.165, 1.54) is 12.1 Å². The molecule has 3 N–H and O–H groups in total. The summed E-state index contributed by atoms with van der Waals surface area (Å²) in [5.41, 5.74) is 0. The van der Waals surface area contributed by atoms with Crippen molar-refractivity contribution in [1.82, 2.24) is 10.6 Å². The van der Waals surface area contributed by atoms with Gasteiger partial charge in [-0.3, -0.25) is 4.79 Å². The largest absolute Gasteiger partial charge is 0.475 e. The minimum absolute atomic E-state index is 0.0979. The van der Waals surface area contributed by atoms with Crippen LogP contribution in [0.2, 0.25) is 0 Å². The Bertz CT molecular complexity index is 387. The van der Waals surface area contributed by atoms with Gasteiger partial charge in [-0.05, 0) is 18.7 Å². The molecule has 0 atom stereocenters. The quantitative estimate of drug-likeness (QED) is 0.607. The maximum absolute atomic E-state index is 11.3. The predicted molar refractivity (Wildman–Crippen MR) is 60.7 cm³/mol. The molecule has 0 unspecified atom stereocenters. The summed E-state index contributed by atoms with van der Waals surface area (Å²) in [7, 11) is 0. The van der Waals surface area contributed by atoms with Crippen LogP contribution in [0.15, 0.2) is 16.5 Å². The van der Waals surface area contributed by atoms with Gasteiger partial charge in [0.1, 0.15) is 5.76 Å². The third kappa shape index (κ3) is 4.69. The second-order valence-corrected chi connectivity index (χ2v) is 3.45. The molecule has 0 bridgehead atoms. The van der Waals surface area contributed by atoms with Crippen LogP contribution in [-0.2, 0) is 11.3 Å². The van der Waals surface area contributed by atoms with Crippen molar-refractivity contribution in [2.24, 2.45) is 0 Å². The zero-order valence-electron chi connectivity index (χ0n) is 9.66. The molecule has 17 heavy (non-hydrogen) atoms. The van der Waals surface area contributed by atoms with E-state index in [0.29, 0.717) is 18.7 Å². The second-order valence-electron chi connectivity index (χ2n) is 3.45. The molecule has 94 valence electrons. The third-order valence-electron chi connectivity index (χ3n) is 2.11. The molecule has 0 radical (unpaired) electrons. The number of aromatic carboxylic acids is 1. The average Bonchev–Trinajstić information content (AvgIpc) is 2.75. The Kier molecular flexibility index (Phi) is 5.22. The lowest BCUT2D eigenvalue weighted by Crippen LogP contribution is -2.27. The maximum Gasteiger partial charge on any atom is 0.371 e. The molecular weight excluding hydrogens is 224 g/mol. The molecule has 0 aliphatic heterocycles. The van der Waals surface area contributed by atoms with Gasteiger partial charge >= 0.3 is 5.97 Å². The van der Waals surface area contributed by atoms with Crippen LogP contribution in [0.25, 0.3) is 0 Å². The van der Waals surface area contributed by atoms with E-state index in [2.05, 4.69) is 10.6 Å². The number of nitrogens with one attached hydrogen (secondary N) is 2. The lowest BCUT2D eigenvalue weighted by Gasteiger charge is -2.03. The van der Waals surface area contributed by atoms with Crippen LogP contribution in [-0.4, -0.2) is 30.1 Å². The minimum Gasteiger partial charge on any atom is -0.475 e. The van der Waals surface area contributed by atoms with E-state index >= 15 is 0 Å². The molecule has 0 aliphatic carbocycles. The molecule has 0 fully saturated rings. The number of carbonyl (C=O) groups excluding carboxylic acids is 1. The van der Waals surface area contributed by atoms with Gasteiger partial charge in [0.15, 0.2) is 0 Å². The van der Waals surface area contributed by atoms with Crippen molar-refractivity contribution in [3.8, 4) is 0 Å². The highest BCUT2D eigenvalue weighted by Gasteiger charge is 2.09. The van der Waals surface area contributed by atoms with Gasteiger partial charge in [-0.2, -0.15) is 0 Å². The van der Waals surface area contributed by atoms with Gasteiger partial charge in [-0.15, -0.1) is 0 Å². The predicted octanol–water partition coefficient (Wildman–Crippen LogP) is 0.594. The zero-order valence-corrected chi connectivity index (χ0v) is 9.66. The normalized spacial score (nSPS) is 10.2. The first-order valence-electron chi connectivity index (χ1n) is 5.43. The summed E-state index contributed by atoms with van der Waals surface area (Å²) in [6, 6.07) is 2.90. The molecule has 0 spiro atoms. The summed E-state index contributed by atoms with van der Waals surface area (Å²) >= 11 is 0. The zero-order chi connectivity index (χ0) is 12.7. The number of carboxylic acids is 1. The van der Waals surface area contributed by atoms with Crippen LogP contribution in [0.5, 0.6) is 0 Å². The molecule has 0 saturated heterocycles. The smallest absolute Gasteiger partial charge is 0.371 e. The summed E-state index contributed by atoms with van der Waals surface area (Å²) in [6.07, 6.45) is 0.389. The highest BCUT2D eigenvalue weighted by atomic mass is 16.4. The van der Waals surface area contributed by atoms with Crippen LogP contribution in [0.4, 0.5) is 0 Å². The van der Waals surface area contributed by atoms with Gasteiger partial charge in [0, 0.05) is 13.0 Å². The minimum atomic E-state index is -1.12. The van der Waals surface area contributed by atoms with Gasteiger partial charge in [-0.1, -0.05) is 6.92 Å². The van der Waals surface area contributed by atoms with Crippen LogP contribution in [0, 0.1) is 0 Å². The summed E-state index contributed by atoms with van der Waals surface area (Å²) < 4.78 is 4.99. The van der Waals surface area contributed by atoms with Crippen molar-refractivity contribution in [2.75, 3.05) is 13.1 Å². The molecular formula is C11H16N2O4. The molecule has 0 aromatic carbocycles. The van der Waals surface area contributed by atoms with Crippen LogP contribution < -0.4 is 10.6 Å².